The third kappa shape index (κ3) is 3.81. The predicted molar refractivity (Wildman–Crippen MR) is 154 cm³/mol. The van der Waals surface area contributed by atoms with Gasteiger partial charge in [0.25, 0.3) is 0 Å². The Labute approximate surface area is 222 Å². The molecule has 6 heteroatoms. The summed E-state index contributed by atoms with van der Waals surface area (Å²) in [6, 6.07) is 33.3. The van der Waals surface area contributed by atoms with Crippen LogP contribution < -0.4 is 5.43 Å². The van der Waals surface area contributed by atoms with Gasteiger partial charge in [-0.1, -0.05) is 84.4 Å². The molecular formula is C32H19ClN4O. The van der Waals surface area contributed by atoms with Crippen molar-refractivity contribution in [3.63, 3.8) is 0 Å². The van der Waals surface area contributed by atoms with Gasteiger partial charge in [0.1, 0.15) is 0 Å². The van der Waals surface area contributed by atoms with Gasteiger partial charge < -0.3 is 4.98 Å². The van der Waals surface area contributed by atoms with Crippen LogP contribution in [-0.2, 0) is 0 Å². The minimum atomic E-state index is -0.205. The minimum Gasteiger partial charge on any atom is -0.338 e. The van der Waals surface area contributed by atoms with E-state index in [1.165, 1.54) is 0 Å². The monoisotopic (exact) mass is 510 g/mol. The fourth-order valence-electron chi connectivity index (χ4n) is 4.85. The lowest BCUT2D eigenvalue weighted by atomic mass is 10.0. The first kappa shape index (κ1) is 22.3. The fraction of sp³-hybridized carbons (Fsp3) is 0. The van der Waals surface area contributed by atoms with E-state index >= 15 is 0 Å². The van der Waals surface area contributed by atoms with Crippen molar-refractivity contribution in [2.75, 3.05) is 0 Å². The Morgan fingerprint density at radius 2 is 1.34 bits per heavy atom. The fourth-order valence-corrected chi connectivity index (χ4v) is 5.13. The second-order valence-corrected chi connectivity index (χ2v) is 9.53. The number of nitrogens with one attached hydrogen (secondary N) is 1. The molecule has 5 nitrogen and oxygen atoms in total. The molecule has 0 saturated carbocycles. The Balaban J connectivity index is 1.48. The number of nitrogens with zero attached hydrogens (tertiary/aromatic N) is 3. The van der Waals surface area contributed by atoms with Crippen LogP contribution in [0, 0.1) is 0 Å². The largest absolute Gasteiger partial charge is 0.338 e. The van der Waals surface area contributed by atoms with E-state index in [-0.39, 0.29) is 10.9 Å². The van der Waals surface area contributed by atoms with Crippen LogP contribution in [0.4, 0.5) is 0 Å². The van der Waals surface area contributed by atoms with Gasteiger partial charge in [-0.25, -0.2) is 9.97 Å². The highest BCUT2D eigenvalue weighted by atomic mass is 35.5. The maximum atomic E-state index is 13.4. The standard InChI is InChI=1S/C32H19ClN4O/c33-25-17-24(16-23-11-6-14-34-28(23)25)30-29(20-8-2-1-3-9-20)37-32-31(36-30)27(38)18-26(35-32)22-13-12-19-7-4-5-10-21(19)15-22/h1-18H,(H,35,37,38). The Kier molecular flexibility index (Phi) is 5.23. The quantitative estimate of drug-likeness (QED) is 0.264. The van der Waals surface area contributed by atoms with Gasteiger partial charge in [-0.05, 0) is 40.6 Å². The third-order valence-electron chi connectivity index (χ3n) is 6.70. The summed E-state index contributed by atoms with van der Waals surface area (Å²) >= 11 is 6.61. The van der Waals surface area contributed by atoms with Crippen molar-refractivity contribution in [2.45, 2.75) is 0 Å². The number of rotatable bonds is 3. The Hall–Kier alpha value is -4.87. The molecule has 0 unspecified atom stereocenters. The van der Waals surface area contributed by atoms with Gasteiger partial charge in [-0.3, -0.25) is 9.78 Å². The molecule has 3 aromatic heterocycles. The van der Waals surface area contributed by atoms with Crippen LogP contribution in [0.1, 0.15) is 0 Å². The maximum Gasteiger partial charge on any atom is 0.210 e. The number of hydrogen-bond acceptors (Lipinski definition) is 4. The molecular weight excluding hydrogens is 492 g/mol. The summed E-state index contributed by atoms with van der Waals surface area (Å²) in [6.07, 6.45) is 1.71. The first-order chi connectivity index (χ1) is 18.6. The zero-order valence-electron chi connectivity index (χ0n) is 20.0. The van der Waals surface area contributed by atoms with Gasteiger partial charge in [0.2, 0.25) is 5.43 Å². The number of hydrogen-bond donors (Lipinski definition) is 1. The Morgan fingerprint density at radius 3 is 2.21 bits per heavy atom. The smallest absolute Gasteiger partial charge is 0.210 e. The van der Waals surface area contributed by atoms with E-state index in [1.54, 1.807) is 12.3 Å². The summed E-state index contributed by atoms with van der Waals surface area (Å²) in [5.74, 6) is 0. The molecule has 0 saturated heterocycles. The van der Waals surface area contributed by atoms with E-state index in [0.717, 1.165) is 32.8 Å². The summed E-state index contributed by atoms with van der Waals surface area (Å²) in [4.78, 5) is 31.0. The van der Waals surface area contributed by atoms with Gasteiger partial charge in [0, 0.05) is 28.8 Å². The summed E-state index contributed by atoms with van der Waals surface area (Å²) < 4.78 is 0. The Morgan fingerprint density at radius 1 is 0.605 bits per heavy atom. The van der Waals surface area contributed by atoms with Gasteiger partial charge in [0.15, 0.2) is 11.2 Å². The van der Waals surface area contributed by atoms with E-state index < -0.39 is 0 Å². The average Bonchev–Trinajstić information content (AvgIpc) is 2.96. The van der Waals surface area contributed by atoms with E-state index in [9.17, 15) is 4.79 Å². The molecule has 4 aromatic carbocycles. The molecule has 0 fully saturated rings. The molecule has 38 heavy (non-hydrogen) atoms. The molecule has 0 amide bonds. The zero-order valence-corrected chi connectivity index (χ0v) is 20.8. The van der Waals surface area contributed by atoms with Crippen molar-refractivity contribution >= 4 is 44.4 Å². The third-order valence-corrected chi connectivity index (χ3v) is 6.99. The number of fused-ring (bicyclic) bond motifs is 3. The summed E-state index contributed by atoms with van der Waals surface area (Å²) in [5, 5.41) is 3.63. The maximum absolute atomic E-state index is 13.4. The topological polar surface area (TPSA) is 71.5 Å². The van der Waals surface area contributed by atoms with E-state index in [0.29, 0.717) is 33.3 Å². The summed E-state index contributed by atoms with van der Waals surface area (Å²) in [5.41, 5.74) is 5.69. The summed E-state index contributed by atoms with van der Waals surface area (Å²) in [7, 11) is 0. The lowest BCUT2D eigenvalue weighted by molar-refractivity contribution is 1.22. The second kappa shape index (κ2) is 8.91. The number of benzene rings is 4. The van der Waals surface area contributed by atoms with Gasteiger partial charge in [0.05, 0.1) is 27.6 Å². The number of aromatic amines is 1. The van der Waals surface area contributed by atoms with Crippen LogP contribution in [-0.4, -0.2) is 19.9 Å². The highest BCUT2D eigenvalue weighted by Gasteiger charge is 2.17. The van der Waals surface area contributed by atoms with Crippen molar-refractivity contribution in [2.24, 2.45) is 0 Å². The molecule has 7 rings (SSSR count). The van der Waals surface area contributed by atoms with E-state index in [4.69, 9.17) is 21.6 Å². The van der Waals surface area contributed by atoms with Crippen LogP contribution in [0.3, 0.4) is 0 Å². The molecule has 0 aliphatic rings. The number of H-pyrrole nitrogens is 1. The number of aromatic nitrogens is 4. The number of pyridine rings is 2. The number of halogens is 1. The predicted octanol–water partition coefficient (Wildman–Crippen LogP) is 7.67. The molecule has 0 aliphatic carbocycles. The van der Waals surface area contributed by atoms with Crippen molar-refractivity contribution in [1.82, 2.24) is 19.9 Å². The first-order valence-electron chi connectivity index (χ1n) is 12.2. The zero-order chi connectivity index (χ0) is 25.6. The van der Waals surface area contributed by atoms with E-state index in [2.05, 4.69) is 34.2 Å². The Bertz CT molecular complexity index is 2070. The van der Waals surface area contributed by atoms with Crippen molar-refractivity contribution in [1.29, 1.82) is 0 Å². The van der Waals surface area contributed by atoms with Gasteiger partial charge in [-0.2, -0.15) is 0 Å². The minimum absolute atomic E-state index is 0.205. The molecule has 180 valence electrons. The molecule has 0 spiro atoms. The normalized spacial score (nSPS) is 11.4. The van der Waals surface area contributed by atoms with Crippen LogP contribution in [0.25, 0.3) is 66.6 Å². The van der Waals surface area contributed by atoms with Crippen LogP contribution in [0.15, 0.2) is 114 Å². The molecule has 0 bridgehead atoms. The van der Waals surface area contributed by atoms with E-state index in [1.807, 2.05) is 72.8 Å². The molecule has 0 radical (unpaired) electrons. The average molecular weight is 511 g/mol. The molecule has 0 atom stereocenters. The summed E-state index contributed by atoms with van der Waals surface area (Å²) in [6.45, 7) is 0. The van der Waals surface area contributed by atoms with Gasteiger partial charge >= 0.3 is 0 Å². The molecule has 3 heterocycles. The van der Waals surface area contributed by atoms with Crippen LogP contribution in [0.2, 0.25) is 5.02 Å². The lowest BCUT2D eigenvalue weighted by Gasteiger charge is -2.13. The lowest BCUT2D eigenvalue weighted by Crippen LogP contribution is -2.08. The highest BCUT2D eigenvalue weighted by Crippen LogP contribution is 2.35. The van der Waals surface area contributed by atoms with Crippen molar-refractivity contribution in [3.8, 4) is 33.8 Å². The van der Waals surface area contributed by atoms with Crippen molar-refractivity contribution in [3.05, 3.63) is 125 Å². The van der Waals surface area contributed by atoms with Crippen LogP contribution in [0.5, 0.6) is 0 Å². The van der Waals surface area contributed by atoms with Gasteiger partial charge in [-0.15, -0.1) is 0 Å². The molecule has 1 N–H and O–H groups in total. The molecule has 7 aromatic rings. The SMILES string of the molecule is O=c1cc(-c2ccc3ccccc3c2)[nH]c2nc(-c3ccccc3)c(-c3cc(Cl)c4ncccc4c3)nc12. The second-order valence-electron chi connectivity index (χ2n) is 9.13. The molecule has 0 aliphatic heterocycles. The highest BCUT2D eigenvalue weighted by molar-refractivity contribution is 6.35. The van der Waals surface area contributed by atoms with Crippen LogP contribution >= 0.6 is 11.6 Å². The van der Waals surface area contributed by atoms with Crippen molar-refractivity contribution < 1.29 is 0 Å². The first-order valence-corrected chi connectivity index (χ1v) is 12.6.